The fraction of sp³-hybridized carbons (Fsp3) is 0.0714. The van der Waals surface area contributed by atoms with Crippen LogP contribution in [0.5, 0.6) is 0 Å². The number of aliphatic imine (C=N–C) groups is 1. The zero-order valence-electron chi connectivity index (χ0n) is 9.21. The first-order chi connectivity index (χ1) is 7.95. The van der Waals surface area contributed by atoms with Gasteiger partial charge in [-0.2, -0.15) is 0 Å². The molecule has 0 amide bonds. The average molecular weight is 400 g/mol. The molecule has 0 saturated heterocycles. The first-order valence-electron chi connectivity index (χ1n) is 5.39. The van der Waals surface area contributed by atoms with Crippen molar-refractivity contribution in [3.63, 3.8) is 0 Å². The van der Waals surface area contributed by atoms with Gasteiger partial charge in [0.2, 0.25) is 0 Å². The summed E-state index contributed by atoms with van der Waals surface area (Å²) in [5.41, 5.74) is 3.43. The molecule has 1 radical (unpaired) electrons. The minimum atomic E-state index is 0. The third kappa shape index (κ3) is 2.31. The molecule has 17 heavy (non-hydrogen) atoms. The van der Waals surface area contributed by atoms with E-state index in [2.05, 4.69) is 46.3 Å². The van der Waals surface area contributed by atoms with Gasteiger partial charge >= 0.3 is 0 Å². The molecule has 2 nitrogen and oxygen atoms in total. The fourth-order valence-corrected chi connectivity index (χ4v) is 1.97. The molecule has 1 heterocycles. The molecule has 0 fully saturated rings. The van der Waals surface area contributed by atoms with Crippen LogP contribution in [0.15, 0.2) is 59.6 Å². The maximum absolute atomic E-state index is 4.40. The summed E-state index contributed by atoms with van der Waals surface area (Å²) >= 11 is 0. The third-order valence-corrected chi connectivity index (χ3v) is 2.73. The summed E-state index contributed by atoms with van der Waals surface area (Å²) in [6, 6.07) is 18.6. The van der Waals surface area contributed by atoms with Crippen LogP contribution in [0.3, 0.4) is 0 Å². The number of anilines is 2. The van der Waals surface area contributed by atoms with Gasteiger partial charge in [-0.15, -0.1) is 0 Å². The maximum atomic E-state index is 4.40. The third-order valence-electron chi connectivity index (χ3n) is 2.73. The first-order valence-corrected chi connectivity index (χ1v) is 5.39. The van der Waals surface area contributed by atoms with E-state index in [1.807, 2.05) is 24.4 Å². The van der Waals surface area contributed by atoms with Gasteiger partial charge in [0.1, 0.15) is 0 Å². The minimum Gasteiger partial charge on any atom is -0.334 e. The number of nitrogens with zero attached hydrogens (tertiary/aromatic N) is 2. The molecule has 3 heteroatoms. The van der Waals surface area contributed by atoms with Crippen LogP contribution < -0.4 is 4.90 Å². The van der Waals surface area contributed by atoms with Crippen molar-refractivity contribution in [3.05, 3.63) is 54.6 Å². The van der Waals surface area contributed by atoms with Crippen molar-refractivity contribution in [2.75, 3.05) is 11.4 Å². The molecule has 0 aromatic heterocycles. The molecule has 2 aromatic rings. The van der Waals surface area contributed by atoms with E-state index in [1.54, 1.807) is 0 Å². The van der Waals surface area contributed by atoms with E-state index in [4.69, 9.17) is 0 Å². The van der Waals surface area contributed by atoms with E-state index in [1.165, 1.54) is 11.4 Å². The second-order valence-corrected chi connectivity index (χ2v) is 3.75. The first kappa shape index (κ1) is 12.0. The van der Waals surface area contributed by atoms with E-state index < -0.39 is 0 Å². The Morgan fingerprint density at radius 1 is 0.882 bits per heavy atom. The summed E-state index contributed by atoms with van der Waals surface area (Å²) in [5, 5.41) is 0. The van der Waals surface area contributed by atoms with Gasteiger partial charge in [0.05, 0.1) is 17.9 Å². The van der Waals surface area contributed by atoms with Crippen LogP contribution in [-0.2, 0) is 20.1 Å². The monoisotopic (exact) mass is 401 g/mol. The van der Waals surface area contributed by atoms with Gasteiger partial charge in [0.15, 0.2) is 0 Å². The summed E-state index contributed by atoms with van der Waals surface area (Å²) in [4.78, 5) is 6.67. The Kier molecular flexibility index (Phi) is 3.72. The van der Waals surface area contributed by atoms with Crippen molar-refractivity contribution in [2.24, 2.45) is 4.99 Å². The van der Waals surface area contributed by atoms with Crippen LogP contribution in [0, 0.1) is 0 Å². The molecule has 2 aromatic carbocycles. The SMILES string of the molecule is C1=Nc2ccccc2N(c2ccccc2)C1.[Ir]. The summed E-state index contributed by atoms with van der Waals surface area (Å²) in [5.74, 6) is 0. The van der Waals surface area contributed by atoms with E-state index >= 15 is 0 Å². The van der Waals surface area contributed by atoms with Gasteiger partial charge in [0.25, 0.3) is 0 Å². The van der Waals surface area contributed by atoms with Crippen molar-refractivity contribution in [3.8, 4) is 0 Å². The zero-order valence-corrected chi connectivity index (χ0v) is 11.6. The Morgan fingerprint density at radius 2 is 1.59 bits per heavy atom. The van der Waals surface area contributed by atoms with E-state index in [9.17, 15) is 0 Å². The molecule has 0 spiro atoms. The Hall–Kier alpha value is -1.44. The van der Waals surface area contributed by atoms with Crippen LogP contribution in [-0.4, -0.2) is 12.8 Å². The molecule has 1 aliphatic rings. The van der Waals surface area contributed by atoms with Gasteiger partial charge in [-0.05, 0) is 24.3 Å². The summed E-state index contributed by atoms with van der Waals surface area (Å²) < 4.78 is 0. The topological polar surface area (TPSA) is 15.6 Å². The molecule has 0 saturated carbocycles. The normalized spacial score (nSPS) is 12.8. The maximum Gasteiger partial charge on any atom is 0.0863 e. The molecular formula is C14H12IrN2. The molecule has 0 N–H and O–H groups in total. The Morgan fingerprint density at radius 3 is 2.41 bits per heavy atom. The van der Waals surface area contributed by atoms with Crippen LogP contribution in [0.25, 0.3) is 0 Å². The Balaban J connectivity index is 0.00000108. The van der Waals surface area contributed by atoms with E-state index in [0.717, 1.165) is 12.2 Å². The van der Waals surface area contributed by atoms with Crippen molar-refractivity contribution < 1.29 is 20.1 Å². The van der Waals surface area contributed by atoms with Crippen LogP contribution in [0.2, 0.25) is 0 Å². The van der Waals surface area contributed by atoms with E-state index in [-0.39, 0.29) is 20.1 Å². The number of hydrogen-bond acceptors (Lipinski definition) is 2. The van der Waals surface area contributed by atoms with E-state index in [0.29, 0.717) is 0 Å². The number of fused-ring (bicyclic) bond motifs is 1. The van der Waals surface area contributed by atoms with Crippen molar-refractivity contribution in [1.29, 1.82) is 0 Å². The van der Waals surface area contributed by atoms with Crippen molar-refractivity contribution in [2.45, 2.75) is 0 Å². The van der Waals surface area contributed by atoms with Crippen LogP contribution in [0.4, 0.5) is 17.1 Å². The standard InChI is InChI=1S/C14H12N2.Ir/c1-2-6-12(7-3-1)16-11-10-15-13-8-4-5-9-14(13)16;/h1-10H,11H2;. The molecule has 1 aliphatic heterocycles. The van der Waals surface area contributed by atoms with Crippen LogP contribution in [0.1, 0.15) is 0 Å². The zero-order chi connectivity index (χ0) is 10.8. The van der Waals surface area contributed by atoms with Gasteiger partial charge in [-0.25, -0.2) is 0 Å². The largest absolute Gasteiger partial charge is 0.334 e. The number of hydrogen-bond donors (Lipinski definition) is 0. The van der Waals surface area contributed by atoms with Crippen molar-refractivity contribution in [1.82, 2.24) is 0 Å². The number of rotatable bonds is 1. The Bertz CT molecular complexity index is 523. The average Bonchev–Trinajstić information content (AvgIpc) is 2.39. The molecule has 0 bridgehead atoms. The van der Waals surface area contributed by atoms with Gasteiger partial charge in [-0.3, -0.25) is 4.99 Å². The molecule has 0 atom stereocenters. The molecule has 0 aliphatic carbocycles. The van der Waals surface area contributed by atoms with Crippen LogP contribution >= 0.6 is 0 Å². The predicted octanol–water partition coefficient (Wildman–Crippen LogP) is 3.54. The quantitative estimate of drug-likeness (QED) is 0.715. The predicted molar refractivity (Wildman–Crippen MR) is 68.0 cm³/mol. The number of para-hydroxylation sites is 3. The second kappa shape index (κ2) is 5.26. The summed E-state index contributed by atoms with van der Waals surface area (Å²) in [6.45, 7) is 0.834. The molecular weight excluding hydrogens is 388 g/mol. The summed E-state index contributed by atoms with van der Waals surface area (Å²) in [6.07, 6.45) is 1.95. The minimum absolute atomic E-state index is 0. The van der Waals surface area contributed by atoms with Gasteiger partial charge in [-0.1, -0.05) is 30.3 Å². The van der Waals surface area contributed by atoms with Crippen molar-refractivity contribution >= 4 is 23.3 Å². The summed E-state index contributed by atoms with van der Waals surface area (Å²) in [7, 11) is 0. The van der Waals surface area contributed by atoms with Gasteiger partial charge in [0, 0.05) is 32.0 Å². The fourth-order valence-electron chi connectivity index (χ4n) is 1.97. The Labute approximate surface area is 114 Å². The van der Waals surface area contributed by atoms with Gasteiger partial charge < -0.3 is 4.90 Å². The molecule has 3 rings (SSSR count). The smallest absolute Gasteiger partial charge is 0.0863 e. The number of benzene rings is 2. The molecule has 87 valence electrons. The molecule has 0 unspecified atom stereocenters. The second-order valence-electron chi connectivity index (χ2n) is 3.75.